The molecule has 0 atom stereocenters. The molecule has 3 aromatic heterocycles. The quantitative estimate of drug-likeness (QED) is 0.276. The van der Waals surface area contributed by atoms with E-state index in [1.807, 2.05) is 34.6 Å². The first-order valence-electron chi connectivity index (χ1n) is 11.3. The molecule has 4 rings (SSSR count). The van der Waals surface area contributed by atoms with Crippen LogP contribution in [0.4, 0.5) is 17.2 Å². The maximum Gasteiger partial charge on any atom is 0.335 e. The second-order valence-corrected chi connectivity index (χ2v) is 9.78. The molecule has 0 aliphatic carbocycles. The molecule has 0 aliphatic rings. The Hall–Kier alpha value is -4.86. The van der Waals surface area contributed by atoms with Crippen molar-refractivity contribution < 1.29 is 19.8 Å². The first kappa shape index (κ1) is 25.2. The van der Waals surface area contributed by atoms with E-state index in [1.165, 1.54) is 23.0 Å². The number of carboxylic acids is 2. The van der Waals surface area contributed by atoms with Gasteiger partial charge in [0.2, 0.25) is 0 Å². The van der Waals surface area contributed by atoms with E-state index >= 15 is 0 Å². The number of hydrogen-bond donors (Lipinski definition) is 2. The largest absolute Gasteiger partial charge is 0.478 e. The van der Waals surface area contributed by atoms with Gasteiger partial charge in [0.1, 0.15) is 0 Å². The van der Waals surface area contributed by atoms with E-state index < -0.39 is 17.4 Å². The number of carbonyl (C=O) groups is 2. The van der Waals surface area contributed by atoms with Crippen LogP contribution < -0.4 is 0 Å². The minimum absolute atomic E-state index is 0.0133. The Balaban J connectivity index is 1.94. The number of fused-ring (bicyclic) bond motifs is 1. The lowest BCUT2D eigenvalue weighted by molar-refractivity contribution is 0.0696. The predicted octanol–water partition coefficient (Wildman–Crippen LogP) is 5.04. The number of nitrogens with zero attached hydrogens (tertiary/aromatic N) is 9. The number of aromatic nitrogens is 6. The highest BCUT2D eigenvalue weighted by molar-refractivity contribution is 5.95. The highest BCUT2D eigenvalue weighted by Crippen LogP contribution is 2.38. The second kappa shape index (κ2) is 8.98. The summed E-state index contributed by atoms with van der Waals surface area (Å²) in [6, 6.07) is 3.55. The maximum atomic E-state index is 11.6. The molecule has 13 nitrogen and oxygen atoms in total. The van der Waals surface area contributed by atoms with Gasteiger partial charge in [-0.3, -0.25) is 0 Å². The van der Waals surface area contributed by atoms with Crippen molar-refractivity contribution in [3.63, 3.8) is 0 Å². The van der Waals surface area contributed by atoms with Crippen molar-refractivity contribution in [3.05, 3.63) is 58.5 Å². The molecule has 37 heavy (non-hydrogen) atoms. The molecule has 0 saturated carbocycles. The molecule has 2 N–H and O–H groups in total. The highest BCUT2D eigenvalue weighted by Gasteiger charge is 2.29. The van der Waals surface area contributed by atoms with Crippen molar-refractivity contribution in [2.24, 2.45) is 17.3 Å². The molecule has 3 heterocycles. The Bertz CT molecular complexity index is 1590. The molecule has 13 heteroatoms. The monoisotopic (exact) mass is 503 g/mol. The van der Waals surface area contributed by atoms with Gasteiger partial charge in [0.15, 0.2) is 23.0 Å². The van der Waals surface area contributed by atoms with Gasteiger partial charge in [-0.05, 0) is 18.2 Å². The third-order valence-electron chi connectivity index (χ3n) is 5.59. The van der Waals surface area contributed by atoms with Crippen molar-refractivity contribution in [2.45, 2.75) is 46.0 Å². The van der Waals surface area contributed by atoms with Gasteiger partial charge < -0.3 is 10.2 Å². The van der Waals surface area contributed by atoms with E-state index in [2.05, 4.69) is 25.3 Å². The van der Waals surface area contributed by atoms with E-state index in [-0.39, 0.29) is 34.2 Å². The predicted molar refractivity (Wildman–Crippen MR) is 133 cm³/mol. The zero-order chi connectivity index (χ0) is 27.2. The van der Waals surface area contributed by atoms with Gasteiger partial charge >= 0.3 is 11.9 Å². The molecule has 190 valence electrons. The van der Waals surface area contributed by atoms with Crippen LogP contribution in [0.5, 0.6) is 0 Å². The lowest BCUT2D eigenvalue weighted by Gasteiger charge is -2.15. The molecule has 0 amide bonds. The van der Waals surface area contributed by atoms with Crippen molar-refractivity contribution in [2.75, 3.05) is 0 Å². The molecule has 4 aromatic rings. The Morgan fingerprint density at radius 3 is 2.19 bits per heavy atom. The van der Waals surface area contributed by atoms with Crippen LogP contribution in [0.15, 0.2) is 34.6 Å². The first-order valence-corrected chi connectivity index (χ1v) is 11.3. The standard InChI is InChI=1S/C24H25N9O4/c1-12(2)19-30-31(7)21-17(18(24(3,4)5)29-33(19)21)27-28-20-16(25-6)11-26-32(20)15-9-13(22(34)35)8-14(10-15)23(36)37/h8-12H,1-5,7H3,(H,34,35)(H,36,37). The average Bonchev–Trinajstić information content (AvgIpc) is 3.49. The number of aromatic carboxylic acids is 2. The smallest absolute Gasteiger partial charge is 0.335 e. The van der Waals surface area contributed by atoms with Gasteiger partial charge in [-0.15, -0.1) is 10.2 Å². The average molecular weight is 504 g/mol. The van der Waals surface area contributed by atoms with Gasteiger partial charge in [-0.25, -0.2) is 23.8 Å². The summed E-state index contributed by atoms with van der Waals surface area (Å²) in [5.74, 6) is -1.75. The van der Waals surface area contributed by atoms with E-state index in [0.29, 0.717) is 17.0 Å². The third kappa shape index (κ3) is 4.44. The lowest BCUT2D eigenvalue weighted by Crippen LogP contribution is -2.13. The molecular formula is C24H25N9O4. The zero-order valence-corrected chi connectivity index (χ0v) is 21.1. The van der Waals surface area contributed by atoms with Crippen molar-refractivity contribution >= 4 is 34.8 Å². The van der Waals surface area contributed by atoms with Gasteiger partial charge in [-0.2, -0.15) is 19.8 Å². The number of aryl methyl sites for hydroxylation is 1. The summed E-state index contributed by atoms with van der Waals surface area (Å²) in [7, 11) is 1.79. The lowest BCUT2D eigenvalue weighted by atomic mass is 9.91. The van der Waals surface area contributed by atoms with Crippen LogP contribution in [-0.2, 0) is 12.5 Å². The molecule has 0 aliphatic heterocycles. The highest BCUT2D eigenvalue weighted by atomic mass is 16.4. The van der Waals surface area contributed by atoms with Crippen LogP contribution in [0, 0.1) is 6.57 Å². The fraction of sp³-hybridized carbons (Fsp3) is 0.333. The van der Waals surface area contributed by atoms with E-state index in [0.717, 1.165) is 11.9 Å². The van der Waals surface area contributed by atoms with Gasteiger partial charge in [0.05, 0.1) is 35.3 Å². The van der Waals surface area contributed by atoms with E-state index in [4.69, 9.17) is 11.7 Å². The summed E-state index contributed by atoms with van der Waals surface area (Å²) in [6.07, 6.45) is 1.26. The van der Waals surface area contributed by atoms with Gasteiger partial charge in [0.25, 0.3) is 5.69 Å². The zero-order valence-electron chi connectivity index (χ0n) is 21.1. The summed E-state index contributed by atoms with van der Waals surface area (Å²) >= 11 is 0. The van der Waals surface area contributed by atoms with Crippen LogP contribution in [-0.4, -0.2) is 51.3 Å². The molecule has 0 unspecified atom stereocenters. The summed E-state index contributed by atoms with van der Waals surface area (Å²) < 4.78 is 4.60. The summed E-state index contributed by atoms with van der Waals surface area (Å²) in [6.45, 7) is 17.6. The number of azo groups is 1. The van der Waals surface area contributed by atoms with Crippen LogP contribution in [0.3, 0.4) is 0 Å². The number of hydrogen-bond acceptors (Lipinski definition) is 7. The van der Waals surface area contributed by atoms with E-state index in [9.17, 15) is 19.8 Å². The Morgan fingerprint density at radius 2 is 1.68 bits per heavy atom. The maximum absolute atomic E-state index is 11.6. The van der Waals surface area contributed by atoms with Gasteiger partial charge in [-0.1, -0.05) is 34.6 Å². The van der Waals surface area contributed by atoms with Crippen LogP contribution in [0.25, 0.3) is 16.2 Å². The third-order valence-corrected chi connectivity index (χ3v) is 5.59. The SMILES string of the molecule is [C-]#[N+]c1cnn(-c2cc(C(=O)O)cc(C(=O)O)c2)c1N=Nc1c(C(C)(C)C)nn2c(C(C)C)nn(C)c12. The molecule has 0 fully saturated rings. The number of benzene rings is 1. The fourth-order valence-corrected chi connectivity index (χ4v) is 3.82. The summed E-state index contributed by atoms with van der Waals surface area (Å²) in [5, 5.41) is 41.3. The summed E-state index contributed by atoms with van der Waals surface area (Å²) in [5.41, 5.74) is 1.02. The fourth-order valence-electron chi connectivity index (χ4n) is 3.82. The number of rotatable bonds is 6. The van der Waals surface area contributed by atoms with E-state index in [1.54, 1.807) is 16.2 Å². The van der Waals surface area contributed by atoms with Crippen molar-refractivity contribution in [1.82, 2.24) is 29.2 Å². The Labute approximate surface area is 211 Å². The van der Waals surface area contributed by atoms with Crippen molar-refractivity contribution in [1.29, 1.82) is 0 Å². The molecular weight excluding hydrogens is 478 g/mol. The minimum Gasteiger partial charge on any atom is -0.478 e. The summed E-state index contributed by atoms with van der Waals surface area (Å²) in [4.78, 5) is 26.6. The molecule has 0 bridgehead atoms. The molecule has 0 spiro atoms. The van der Waals surface area contributed by atoms with Crippen LogP contribution in [0.2, 0.25) is 0 Å². The minimum atomic E-state index is -1.31. The van der Waals surface area contributed by atoms with Gasteiger partial charge in [0, 0.05) is 18.4 Å². The second-order valence-electron chi connectivity index (χ2n) is 9.78. The topological polar surface area (TPSA) is 157 Å². The Kier molecular flexibility index (Phi) is 6.12. The normalized spacial score (nSPS) is 12.1. The molecule has 1 aromatic carbocycles. The number of carboxylic acid groups (broad SMARTS) is 2. The molecule has 0 radical (unpaired) electrons. The van der Waals surface area contributed by atoms with Crippen LogP contribution in [0.1, 0.15) is 72.8 Å². The van der Waals surface area contributed by atoms with Crippen molar-refractivity contribution in [3.8, 4) is 5.69 Å². The molecule has 0 saturated heterocycles. The Morgan fingerprint density at radius 1 is 1.05 bits per heavy atom. The van der Waals surface area contributed by atoms with Crippen LogP contribution >= 0.6 is 0 Å². The first-order chi connectivity index (χ1) is 17.3.